The Labute approximate surface area is 209 Å². The highest BCUT2D eigenvalue weighted by molar-refractivity contribution is 14.1. The van der Waals surface area contributed by atoms with Gasteiger partial charge in [-0.25, -0.2) is 8.42 Å². The minimum absolute atomic E-state index is 0.131. The molecule has 180 valence electrons. The van der Waals surface area contributed by atoms with E-state index in [2.05, 4.69) is 6.58 Å². The molecule has 0 aliphatic rings. The monoisotopic (exact) mass is 586 g/mol. The second-order valence-corrected chi connectivity index (χ2v) is 12.2. The smallest absolute Gasteiger partial charge is 0.304 e. The number of rotatable bonds is 11. The summed E-state index contributed by atoms with van der Waals surface area (Å²) in [6, 6.07) is 8.78. The fourth-order valence-corrected chi connectivity index (χ4v) is 6.24. The van der Waals surface area contributed by atoms with E-state index < -0.39 is 21.9 Å². The molecule has 33 heavy (non-hydrogen) atoms. The summed E-state index contributed by atoms with van der Waals surface area (Å²) < 4.78 is 29.4. The molecule has 1 aromatic heterocycles. The van der Waals surface area contributed by atoms with E-state index in [1.807, 2.05) is 61.6 Å². The second kappa shape index (κ2) is 11.4. The number of benzene rings is 1. The minimum atomic E-state index is -3.56. The third kappa shape index (κ3) is 7.79. The molecule has 1 atom stereocenters. The summed E-state index contributed by atoms with van der Waals surface area (Å²) in [6.45, 7) is 10.1. The van der Waals surface area contributed by atoms with Crippen LogP contribution in [0.4, 0.5) is 0 Å². The van der Waals surface area contributed by atoms with Gasteiger partial charge >= 0.3 is 5.97 Å². The number of pyridine rings is 1. The normalized spacial score (nSPS) is 12.8. The van der Waals surface area contributed by atoms with E-state index in [1.165, 1.54) is 14.9 Å². The summed E-state index contributed by atoms with van der Waals surface area (Å²) in [5, 5.41) is 9.51. The second-order valence-electron chi connectivity index (χ2n) is 8.71. The fourth-order valence-electron chi connectivity index (χ4n) is 3.62. The maximum atomic E-state index is 13.0. The maximum Gasteiger partial charge on any atom is 0.304 e. The number of halogens is 1. The number of carboxylic acids is 1. The van der Waals surface area contributed by atoms with Crippen LogP contribution in [0.15, 0.2) is 51.5 Å². The zero-order chi connectivity index (χ0) is 24.9. The standard InChI is InChI=1S/C24H31IN2O5S/c1-16(2)13-27(33(31,32)15-18(4)25)14-21-10-19(7-6-17(21)3)22(12-24(29)30)20-8-9-26(5)23(28)11-20/h6-11,16,22H,4,12-15H2,1-3,5H3,(H,29,30). The Hall–Kier alpha value is -1.98. The van der Waals surface area contributed by atoms with Gasteiger partial charge in [0.25, 0.3) is 5.56 Å². The average Bonchev–Trinajstić information content (AvgIpc) is 2.68. The highest BCUT2D eigenvalue weighted by Crippen LogP contribution is 2.30. The predicted molar refractivity (Wildman–Crippen MR) is 139 cm³/mol. The van der Waals surface area contributed by atoms with Crippen LogP contribution in [0.5, 0.6) is 0 Å². The Balaban J connectivity index is 2.51. The lowest BCUT2D eigenvalue weighted by atomic mass is 9.87. The van der Waals surface area contributed by atoms with Gasteiger partial charge in [0.05, 0.1) is 12.2 Å². The molecule has 0 spiro atoms. The van der Waals surface area contributed by atoms with Gasteiger partial charge in [0, 0.05) is 38.3 Å². The number of aliphatic carboxylic acids is 1. The topological polar surface area (TPSA) is 96.7 Å². The van der Waals surface area contributed by atoms with Crippen molar-refractivity contribution < 1.29 is 18.3 Å². The van der Waals surface area contributed by atoms with Crippen LogP contribution >= 0.6 is 22.6 Å². The summed E-state index contributed by atoms with van der Waals surface area (Å²) >= 11 is 1.93. The van der Waals surface area contributed by atoms with Crippen LogP contribution in [-0.2, 0) is 28.4 Å². The third-order valence-corrected chi connectivity index (χ3v) is 8.01. The van der Waals surface area contributed by atoms with E-state index in [-0.39, 0.29) is 30.2 Å². The van der Waals surface area contributed by atoms with Crippen molar-refractivity contribution in [2.45, 2.75) is 39.7 Å². The number of nitrogens with zero attached hydrogens (tertiary/aromatic N) is 2. The average molecular weight is 586 g/mol. The fraction of sp³-hybridized carbons (Fsp3) is 0.417. The van der Waals surface area contributed by atoms with E-state index >= 15 is 0 Å². The van der Waals surface area contributed by atoms with E-state index in [1.54, 1.807) is 19.3 Å². The molecule has 0 bridgehead atoms. The van der Waals surface area contributed by atoms with Crippen LogP contribution in [0.1, 0.15) is 48.4 Å². The molecule has 2 aromatic rings. The first-order valence-corrected chi connectivity index (χ1v) is 13.3. The van der Waals surface area contributed by atoms with E-state index in [9.17, 15) is 23.1 Å². The van der Waals surface area contributed by atoms with Gasteiger partial charge < -0.3 is 9.67 Å². The number of sulfonamides is 1. The van der Waals surface area contributed by atoms with Crippen LogP contribution in [0, 0.1) is 12.8 Å². The van der Waals surface area contributed by atoms with Crippen molar-refractivity contribution in [1.29, 1.82) is 0 Å². The van der Waals surface area contributed by atoms with Crippen LogP contribution in [0.3, 0.4) is 0 Å². The first-order valence-electron chi connectivity index (χ1n) is 10.6. The predicted octanol–water partition coefficient (Wildman–Crippen LogP) is 4.04. The first-order chi connectivity index (χ1) is 15.3. The highest BCUT2D eigenvalue weighted by atomic mass is 127. The van der Waals surface area contributed by atoms with Crippen molar-refractivity contribution in [3.05, 3.63) is 79.3 Å². The third-order valence-electron chi connectivity index (χ3n) is 5.33. The summed E-state index contributed by atoms with van der Waals surface area (Å²) in [7, 11) is -1.92. The van der Waals surface area contributed by atoms with Crippen molar-refractivity contribution in [2.75, 3.05) is 12.3 Å². The first kappa shape index (κ1) is 27.3. The number of aromatic nitrogens is 1. The highest BCUT2D eigenvalue weighted by Gasteiger charge is 2.25. The zero-order valence-electron chi connectivity index (χ0n) is 19.4. The Kier molecular flexibility index (Phi) is 9.45. The number of hydrogen-bond donors (Lipinski definition) is 1. The Morgan fingerprint density at radius 1 is 1.21 bits per heavy atom. The van der Waals surface area contributed by atoms with Crippen molar-refractivity contribution in [1.82, 2.24) is 8.87 Å². The van der Waals surface area contributed by atoms with Gasteiger partial charge in [-0.1, -0.05) is 38.6 Å². The molecule has 0 amide bonds. The van der Waals surface area contributed by atoms with E-state index in [0.717, 1.165) is 16.7 Å². The Morgan fingerprint density at radius 3 is 2.39 bits per heavy atom. The van der Waals surface area contributed by atoms with Crippen LogP contribution in [0.25, 0.3) is 0 Å². The quantitative estimate of drug-likeness (QED) is 0.401. The zero-order valence-corrected chi connectivity index (χ0v) is 22.4. The molecule has 1 unspecified atom stereocenters. The van der Waals surface area contributed by atoms with Gasteiger partial charge in [0.2, 0.25) is 10.0 Å². The molecule has 1 heterocycles. The van der Waals surface area contributed by atoms with Crippen LogP contribution in [0.2, 0.25) is 0 Å². The minimum Gasteiger partial charge on any atom is -0.481 e. The summed E-state index contributed by atoms with van der Waals surface area (Å²) in [5.41, 5.74) is 2.84. The van der Waals surface area contributed by atoms with Gasteiger partial charge in [-0.05, 0) is 67.3 Å². The SMILES string of the molecule is C=C(I)CS(=O)(=O)N(Cc1cc(C(CC(=O)O)c2ccn(C)c(=O)c2)ccc1C)CC(C)C. The van der Waals surface area contributed by atoms with Gasteiger partial charge in [-0.15, -0.1) is 0 Å². The molecule has 0 fully saturated rings. The molecule has 2 rings (SSSR count). The van der Waals surface area contributed by atoms with Gasteiger partial charge in [-0.2, -0.15) is 4.31 Å². The van der Waals surface area contributed by atoms with Crippen LogP contribution in [-0.4, -0.2) is 40.7 Å². The van der Waals surface area contributed by atoms with Crippen molar-refractivity contribution in [2.24, 2.45) is 13.0 Å². The van der Waals surface area contributed by atoms with Crippen molar-refractivity contribution in [3.8, 4) is 0 Å². The van der Waals surface area contributed by atoms with Crippen molar-refractivity contribution in [3.63, 3.8) is 0 Å². The lowest BCUT2D eigenvalue weighted by molar-refractivity contribution is -0.137. The number of aryl methyl sites for hydroxylation is 2. The lowest BCUT2D eigenvalue weighted by Crippen LogP contribution is -2.35. The molecular formula is C24H31IN2O5S. The molecule has 9 heteroatoms. The molecule has 1 aromatic carbocycles. The van der Waals surface area contributed by atoms with Crippen molar-refractivity contribution >= 4 is 38.6 Å². The van der Waals surface area contributed by atoms with Gasteiger partial charge in [0.15, 0.2) is 0 Å². The Morgan fingerprint density at radius 2 is 1.85 bits per heavy atom. The summed E-state index contributed by atoms with van der Waals surface area (Å²) in [4.78, 5) is 23.8. The van der Waals surface area contributed by atoms with Crippen LogP contribution < -0.4 is 5.56 Å². The van der Waals surface area contributed by atoms with E-state index in [0.29, 0.717) is 15.7 Å². The van der Waals surface area contributed by atoms with E-state index in [4.69, 9.17) is 0 Å². The number of carbonyl (C=O) groups is 1. The molecule has 0 aliphatic heterocycles. The molecule has 0 radical (unpaired) electrons. The number of carboxylic acid groups (broad SMARTS) is 1. The molecule has 7 nitrogen and oxygen atoms in total. The molecular weight excluding hydrogens is 555 g/mol. The largest absolute Gasteiger partial charge is 0.481 e. The molecule has 0 aliphatic carbocycles. The molecule has 1 N–H and O–H groups in total. The van der Waals surface area contributed by atoms with Gasteiger partial charge in [-0.3, -0.25) is 9.59 Å². The molecule has 0 saturated heterocycles. The Bertz CT molecular complexity index is 1190. The number of hydrogen-bond acceptors (Lipinski definition) is 4. The molecule has 0 saturated carbocycles. The summed E-state index contributed by atoms with van der Waals surface area (Å²) in [6.07, 6.45) is 1.44. The lowest BCUT2D eigenvalue weighted by Gasteiger charge is -2.26. The summed E-state index contributed by atoms with van der Waals surface area (Å²) in [5.74, 6) is -1.51. The van der Waals surface area contributed by atoms with Gasteiger partial charge in [0.1, 0.15) is 0 Å². The maximum absolute atomic E-state index is 13.0.